The van der Waals surface area contributed by atoms with Gasteiger partial charge in [0.05, 0.1) is 34.4 Å². The maximum atomic E-state index is 13.5. The number of para-hydroxylation sites is 1. The van der Waals surface area contributed by atoms with Crippen molar-refractivity contribution in [2.24, 2.45) is 0 Å². The Morgan fingerprint density at radius 1 is 0.848 bits per heavy atom. The number of nitrogens with zero attached hydrogens (tertiary/aromatic N) is 3. The second-order valence-corrected chi connectivity index (χ2v) is 8.44. The van der Waals surface area contributed by atoms with Gasteiger partial charge >= 0.3 is 0 Å². The minimum Gasteiger partial charge on any atom is -0.322 e. The lowest BCUT2D eigenvalue weighted by Crippen LogP contribution is -2.30. The highest BCUT2D eigenvalue weighted by Crippen LogP contribution is 2.29. The number of nitrogens with one attached hydrogen (secondary N) is 1. The van der Waals surface area contributed by atoms with Crippen LogP contribution in [0.5, 0.6) is 0 Å². The summed E-state index contributed by atoms with van der Waals surface area (Å²) in [7, 11) is 0. The van der Waals surface area contributed by atoms with Crippen LogP contribution in [-0.2, 0) is 13.1 Å². The van der Waals surface area contributed by atoms with Crippen LogP contribution in [0.3, 0.4) is 0 Å². The highest BCUT2D eigenvalue weighted by molar-refractivity contribution is 6.40. The molecule has 1 N–H and O–H groups in total. The maximum Gasteiger partial charge on any atom is 0.258 e. The smallest absolute Gasteiger partial charge is 0.258 e. The third-order valence-electron chi connectivity index (χ3n) is 5.55. The average Bonchev–Trinajstić information content (AvgIpc) is 3.18. The molecule has 0 aliphatic carbocycles. The van der Waals surface area contributed by atoms with E-state index in [4.69, 9.17) is 23.2 Å². The van der Waals surface area contributed by atoms with E-state index in [-0.39, 0.29) is 21.5 Å². The molecule has 0 unspecified atom stereocenters. The van der Waals surface area contributed by atoms with Gasteiger partial charge in [-0.15, -0.1) is 0 Å². The second kappa shape index (κ2) is 8.73. The highest BCUT2D eigenvalue weighted by Gasteiger charge is 2.25. The lowest BCUT2D eigenvalue weighted by atomic mass is 10.1. The van der Waals surface area contributed by atoms with Crippen molar-refractivity contribution >= 4 is 46.4 Å². The van der Waals surface area contributed by atoms with E-state index < -0.39 is 5.91 Å². The molecule has 164 valence electrons. The first-order valence-corrected chi connectivity index (χ1v) is 11.0. The molecular weight excluding hydrogens is 459 g/mol. The first-order valence-electron chi connectivity index (χ1n) is 10.3. The number of hydrogen-bond donors (Lipinski definition) is 1. The molecule has 0 bridgehead atoms. The molecule has 0 radical (unpaired) electrons. The van der Waals surface area contributed by atoms with Gasteiger partial charge in [0.15, 0.2) is 0 Å². The summed E-state index contributed by atoms with van der Waals surface area (Å²) in [5, 5.41) is 7.69. The fraction of sp³-hybridized carbons (Fsp3) is 0.0800. The molecule has 1 aliphatic rings. The Morgan fingerprint density at radius 3 is 2.33 bits per heavy atom. The summed E-state index contributed by atoms with van der Waals surface area (Å²) in [6, 6.07) is 21.4. The van der Waals surface area contributed by atoms with E-state index in [1.807, 2.05) is 35.0 Å². The molecule has 3 aromatic carbocycles. The maximum absolute atomic E-state index is 13.5. The Morgan fingerprint density at radius 2 is 1.58 bits per heavy atom. The fourth-order valence-corrected chi connectivity index (χ4v) is 4.46. The summed E-state index contributed by atoms with van der Waals surface area (Å²) < 4.78 is 1.91. The van der Waals surface area contributed by atoms with Crippen molar-refractivity contribution in [3.05, 3.63) is 111 Å². The number of rotatable bonds is 3. The SMILES string of the molecule is O=C(Nc1ccc(C(=O)N2Cc3ccnn3Cc3ccccc32)cc1)c1c(Cl)cccc1Cl. The zero-order chi connectivity index (χ0) is 22.9. The minimum atomic E-state index is -0.417. The van der Waals surface area contributed by atoms with Crippen LogP contribution < -0.4 is 10.2 Å². The molecular formula is C25H18Cl2N4O2. The van der Waals surface area contributed by atoms with E-state index in [0.717, 1.165) is 16.9 Å². The fourth-order valence-electron chi connectivity index (χ4n) is 3.89. The predicted octanol–water partition coefficient (Wildman–Crippen LogP) is 5.65. The summed E-state index contributed by atoms with van der Waals surface area (Å²) in [6.45, 7) is 1.03. The summed E-state index contributed by atoms with van der Waals surface area (Å²) in [6.07, 6.45) is 1.74. The third kappa shape index (κ3) is 4.11. The van der Waals surface area contributed by atoms with Gasteiger partial charge in [-0.25, -0.2) is 0 Å². The van der Waals surface area contributed by atoms with E-state index in [1.54, 1.807) is 53.6 Å². The van der Waals surface area contributed by atoms with Gasteiger partial charge < -0.3 is 10.2 Å². The van der Waals surface area contributed by atoms with Gasteiger partial charge in [-0.1, -0.05) is 47.5 Å². The van der Waals surface area contributed by atoms with Crippen molar-refractivity contribution < 1.29 is 9.59 Å². The predicted molar refractivity (Wildman–Crippen MR) is 129 cm³/mol. The van der Waals surface area contributed by atoms with Crippen molar-refractivity contribution in [1.82, 2.24) is 9.78 Å². The minimum absolute atomic E-state index is 0.135. The number of halogens is 2. The number of fused-ring (bicyclic) bond motifs is 2. The molecule has 0 fully saturated rings. The van der Waals surface area contributed by atoms with Crippen molar-refractivity contribution in [3.8, 4) is 0 Å². The normalized spacial score (nSPS) is 12.5. The Hall–Kier alpha value is -3.61. The number of carbonyl (C=O) groups excluding carboxylic acids is 2. The van der Waals surface area contributed by atoms with Gasteiger partial charge in [0.1, 0.15) is 0 Å². The van der Waals surface area contributed by atoms with Crippen LogP contribution in [0.1, 0.15) is 32.0 Å². The number of aromatic nitrogens is 2. The van der Waals surface area contributed by atoms with Crippen LogP contribution in [0, 0.1) is 0 Å². The Balaban J connectivity index is 1.39. The summed E-state index contributed by atoms with van der Waals surface area (Å²) in [5.74, 6) is -0.552. The molecule has 0 saturated carbocycles. The van der Waals surface area contributed by atoms with Gasteiger partial charge in [0.25, 0.3) is 11.8 Å². The number of amides is 2. The molecule has 4 aromatic rings. The topological polar surface area (TPSA) is 67.2 Å². The Kier molecular flexibility index (Phi) is 5.62. The molecule has 1 aromatic heterocycles. The number of anilines is 2. The zero-order valence-electron chi connectivity index (χ0n) is 17.3. The average molecular weight is 477 g/mol. The first kappa shape index (κ1) is 21.2. The summed E-state index contributed by atoms with van der Waals surface area (Å²) in [5.41, 5.74) is 4.08. The molecule has 0 atom stereocenters. The molecule has 5 rings (SSSR count). The van der Waals surface area contributed by atoms with Crippen LogP contribution in [0.25, 0.3) is 0 Å². The van der Waals surface area contributed by atoms with E-state index in [1.165, 1.54) is 0 Å². The van der Waals surface area contributed by atoms with Gasteiger partial charge in [-0.3, -0.25) is 14.3 Å². The first-order chi connectivity index (χ1) is 16.0. The van der Waals surface area contributed by atoms with Gasteiger partial charge in [-0.2, -0.15) is 5.10 Å². The van der Waals surface area contributed by atoms with Crippen LogP contribution in [0.2, 0.25) is 10.0 Å². The monoisotopic (exact) mass is 476 g/mol. The highest BCUT2D eigenvalue weighted by atomic mass is 35.5. The van der Waals surface area contributed by atoms with Crippen LogP contribution in [-0.4, -0.2) is 21.6 Å². The van der Waals surface area contributed by atoms with Crippen molar-refractivity contribution in [2.75, 3.05) is 10.2 Å². The Labute approximate surface area is 200 Å². The summed E-state index contributed by atoms with van der Waals surface area (Å²) >= 11 is 12.2. The van der Waals surface area contributed by atoms with Crippen LogP contribution in [0.4, 0.5) is 11.4 Å². The molecule has 1 aliphatic heterocycles. The molecule has 0 spiro atoms. The van der Waals surface area contributed by atoms with E-state index in [2.05, 4.69) is 10.4 Å². The number of carbonyl (C=O) groups is 2. The van der Waals surface area contributed by atoms with Crippen molar-refractivity contribution in [2.45, 2.75) is 13.1 Å². The molecule has 8 heteroatoms. The zero-order valence-corrected chi connectivity index (χ0v) is 18.8. The van der Waals surface area contributed by atoms with E-state index >= 15 is 0 Å². The van der Waals surface area contributed by atoms with Crippen molar-refractivity contribution in [3.63, 3.8) is 0 Å². The molecule has 0 saturated heterocycles. The van der Waals surface area contributed by atoms with Gasteiger partial charge in [-0.05, 0) is 54.1 Å². The second-order valence-electron chi connectivity index (χ2n) is 7.63. The van der Waals surface area contributed by atoms with Gasteiger partial charge in [0.2, 0.25) is 0 Å². The van der Waals surface area contributed by atoms with E-state index in [0.29, 0.717) is 24.3 Å². The molecule has 2 amide bonds. The Bertz CT molecular complexity index is 1340. The number of hydrogen-bond acceptors (Lipinski definition) is 3. The lowest BCUT2D eigenvalue weighted by molar-refractivity contribution is 0.0983. The van der Waals surface area contributed by atoms with Gasteiger partial charge in [0, 0.05) is 23.1 Å². The molecule has 33 heavy (non-hydrogen) atoms. The molecule has 2 heterocycles. The standard InChI is InChI=1S/C25H18Cl2N4O2/c26-20-5-3-6-21(27)23(20)24(32)29-18-10-8-16(9-11-18)25(33)30-15-19-12-13-28-31(19)14-17-4-1-2-7-22(17)30/h1-13H,14-15H2,(H,29,32). The van der Waals surface area contributed by atoms with Crippen LogP contribution in [0.15, 0.2) is 79.0 Å². The lowest BCUT2D eigenvalue weighted by Gasteiger charge is -2.22. The van der Waals surface area contributed by atoms with Crippen molar-refractivity contribution in [1.29, 1.82) is 0 Å². The summed E-state index contributed by atoms with van der Waals surface area (Å²) in [4.78, 5) is 27.8. The molecule has 6 nitrogen and oxygen atoms in total. The van der Waals surface area contributed by atoms with E-state index in [9.17, 15) is 9.59 Å². The van der Waals surface area contributed by atoms with Crippen LogP contribution >= 0.6 is 23.2 Å². The third-order valence-corrected chi connectivity index (χ3v) is 6.18. The quantitative estimate of drug-likeness (QED) is 0.415. The number of benzene rings is 3. The largest absolute Gasteiger partial charge is 0.322 e.